The molecule has 0 unspecified atom stereocenters. The summed E-state index contributed by atoms with van der Waals surface area (Å²) in [5.41, 5.74) is 6.32. The minimum Gasteiger partial charge on any atom is -0.456 e. The predicted molar refractivity (Wildman–Crippen MR) is 74.4 cm³/mol. The molecule has 2 N–H and O–H groups in total. The Morgan fingerprint density at radius 3 is 2.58 bits per heavy atom. The third kappa shape index (κ3) is 3.07. The van der Waals surface area contributed by atoms with Crippen molar-refractivity contribution in [3.05, 3.63) is 28.5 Å². The third-order valence-electron chi connectivity index (χ3n) is 3.22. The molecule has 0 spiro atoms. The first-order chi connectivity index (χ1) is 8.77. The lowest BCUT2D eigenvalue weighted by molar-refractivity contribution is 0.00690. The summed E-state index contributed by atoms with van der Waals surface area (Å²) in [5.74, 6) is -0.411. The summed E-state index contributed by atoms with van der Waals surface area (Å²) in [6.07, 6.45) is 3.52. The van der Waals surface area contributed by atoms with Crippen molar-refractivity contribution >= 4 is 17.6 Å². The molecule has 0 radical (unpaired) electrons. The molecule has 1 aliphatic rings. The fraction of sp³-hybridized carbons (Fsp3) is 0.571. The first-order valence-electron chi connectivity index (χ1n) is 6.37. The largest absolute Gasteiger partial charge is 0.456 e. The van der Waals surface area contributed by atoms with Gasteiger partial charge < -0.3 is 10.5 Å². The van der Waals surface area contributed by atoms with E-state index in [2.05, 4.69) is 4.98 Å². The smallest absolute Gasteiger partial charge is 0.340 e. The maximum absolute atomic E-state index is 11.9. The highest BCUT2D eigenvalue weighted by Crippen LogP contribution is 2.48. The molecule has 0 aromatic carbocycles. The highest BCUT2D eigenvalue weighted by atomic mass is 35.5. The molecule has 2 rings (SSSR count). The second-order valence-corrected chi connectivity index (χ2v) is 6.45. The average Bonchev–Trinajstić information content (AvgIpc) is 3.07. The number of esters is 1. The molecule has 4 nitrogen and oxygen atoms in total. The molecule has 1 aliphatic carbocycles. The van der Waals surface area contributed by atoms with Gasteiger partial charge in [0.2, 0.25) is 0 Å². The maximum atomic E-state index is 11.9. The Hall–Kier alpha value is -1.13. The zero-order chi connectivity index (χ0) is 14.3. The number of carbonyl (C=O) groups is 1. The zero-order valence-electron chi connectivity index (χ0n) is 11.5. The summed E-state index contributed by atoms with van der Waals surface area (Å²) in [4.78, 5) is 16.2. The highest BCUT2D eigenvalue weighted by Gasteiger charge is 2.45. The Kier molecular flexibility index (Phi) is 3.58. The lowest BCUT2D eigenvalue weighted by Crippen LogP contribution is -2.25. The SMILES string of the molecule is CC(C)(C)OC(=O)c1cnc(C2(CN)CC2)c(Cl)c1. The van der Waals surface area contributed by atoms with Gasteiger partial charge in [0.25, 0.3) is 0 Å². The van der Waals surface area contributed by atoms with Crippen LogP contribution in [-0.4, -0.2) is 23.1 Å². The van der Waals surface area contributed by atoms with Crippen LogP contribution in [0.3, 0.4) is 0 Å². The van der Waals surface area contributed by atoms with Gasteiger partial charge in [-0.25, -0.2) is 4.79 Å². The molecule has 1 aromatic heterocycles. The normalized spacial score (nSPS) is 17.1. The van der Waals surface area contributed by atoms with Crippen molar-refractivity contribution in [2.24, 2.45) is 5.73 Å². The van der Waals surface area contributed by atoms with Gasteiger partial charge in [0, 0.05) is 18.2 Å². The van der Waals surface area contributed by atoms with Gasteiger partial charge in [-0.3, -0.25) is 4.98 Å². The monoisotopic (exact) mass is 282 g/mol. The summed E-state index contributed by atoms with van der Waals surface area (Å²) in [5, 5.41) is 0.492. The molecule has 1 fully saturated rings. The van der Waals surface area contributed by atoms with E-state index in [0.29, 0.717) is 17.1 Å². The lowest BCUT2D eigenvalue weighted by atomic mass is 10.0. The molecule has 19 heavy (non-hydrogen) atoms. The Bertz CT molecular complexity index is 505. The van der Waals surface area contributed by atoms with Gasteiger partial charge in [0.05, 0.1) is 16.3 Å². The molecule has 0 atom stereocenters. The van der Waals surface area contributed by atoms with Crippen LogP contribution < -0.4 is 5.73 Å². The van der Waals surface area contributed by atoms with Crippen molar-refractivity contribution < 1.29 is 9.53 Å². The fourth-order valence-corrected chi connectivity index (χ4v) is 2.33. The number of pyridine rings is 1. The third-order valence-corrected chi connectivity index (χ3v) is 3.51. The van der Waals surface area contributed by atoms with Crippen molar-refractivity contribution in [2.45, 2.75) is 44.6 Å². The maximum Gasteiger partial charge on any atom is 0.340 e. The van der Waals surface area contributed by atoms with Gasteiger partial charge in [-0.15, -0.1) is 0 Å². The minimum atomic E-state index is -0.531. The van der Waals surface area contributed by atoms with Gasteiger partial charge in [-0.1, -0.05) is 11.6 Å². The molecular weight excluding hydrogens is 264 g/mol. The molecule has 0 saturated heterocycles. The number of nitrogens with zero attached hydrogens (tertiary/aromatic N) is 1. The molecule has 0 bridgehead atoms. The van der Waals surface area contributed by atoms with Crippen LogP contribution in [0.4, 0.5) is 0 Å². The zero-order valence-corrected chi connectivity index (χ0v) is 12.3. The van der Waals surface area contributed by atoms with Crippen LogP contribution in [0, 0.1) is 0 Å². The number of carbonyl (C=O) groups excluding carboxylic acids is 1. The van der Waals surface area contributed by atoms with Gasteiger partial charge in [-0.05, 0) is 39.7 Å². The van der Waals surface area contributed by atoms with Gasteiger partial charge in [-0.2, -0.15) is 0 Å². The second kappa shape index (κ2) is 4.76. The van der Waals surface area contributed by atoms with Crippen LogP contribution in [0.25, 0.3) is 0 Å². The predicted octanol–water partition coefficient (Wildman–Crippen LogP) is 2.68. The molecule has 1 saturated carbocycles. The Morgan fingerprint density at radius 1 is 1.53 bits per heavy atom. The van der Waals surface area contributed by atoms with Crippen LogP contribution in [0.5, 0.6) is 0 Å². The summed E-state index contributed by atoms with van der Waals surface area (Å²) >= 11 is 6.22. The summed E-state index contributed by atoms with van der Waals surface area (Å²) in [6, 6.07) is 1.62. The van der Waals surface area contributed by atoms with E-state index >= 15 is 0 Å². The summed E-state index contributed by atoms with van der Waals surface area (Å²) < 4.78 is 5.28. The molecule has 0 amide bonds. The van der Waals surface area contributed by atoms with Crippen LogP contribution in [0.15, 0.2) is 12.3 Å². The van der Waals surface area contributed by atoms with Gasteiger partial charge >= 0.3 is 5.97 Å². The molecule has 104 valence electrons. The standard InChI is InChI=1S/C14H19ClN2O2/c1-13(2,3)19-12(18)9-6-10(15)11(17-7-9)14(8-16)4-5-14/h6-7H,4-5,8,16H2,1-3H3. The van der Waals surface area contributed by atoms with Crippen LogP contribution in [0.1, 0.15) is 49.7 Å². The highest BCUT2D eigenvalue weighted by molar-refractivity contribution is 6.31. The molecule has 1 aromatic rings. The van der Waals surface area contributed by atoms with Crippen molar-refractivity contribution in [3.63, 3.8) is 0 Å². The second-order valence-electron chi connectivity index (χ2n) is 6.04. The fourth-order valence-electron chi connectivity index (χ4n) is 1.97. The Balaban J connectivity index is 2.22. The van der Waals surface area contributed by atoms with E-state index in [1.54, 1.807) is 6.07 Å². The van der Waals surface area contributed by atoms with Crippen LogP contribution >= 0.6 is 11.6 Å². The van der Waals surface area contributed by atoms with E-state index in [-0.39, 0.29) is 5.41 Å². The number of hydrogen-bond acceptors (Lipinski definition) is 4. The van der Waals surface area contributed by atoms with E-state index in [1.165, 1.54) is 6.20 Å². The molecular formula is C14H19ClN2O2. The van der Waals surface area contributed by atoms with Crippen LogP contribution in [0.2, 0.25) is 5.02 Å². The van der Waals surface area contributed by atoms with Gasteiger partial charge in [0.1, 0.15) is 5.60 Å². The molecule has 5 heteroatoms. The van der Waals surface area contributed by atoms with Crippen molar-refractivity contribution in [2.75, 3.05) is 6.54 Å². The minimum absolute atomic E-state index is 0.0798. The summed E-state index contributed by atoms with van der Waals surface area (Å²) in [7, 11) is 0. The Labute approximate surface area is 118 Å². The first kappa shape index (κ1) is 14.3. The van der Waals surface area contributed by atoms with E-state index in [1.807, 2.05) is 20.8 Å². The van der Waals surface area contributed by atoms with Crippen LogP contribution in [-0.2, 0) is 10.2 Å². The molecule has 0 aliphatic heterocycles. The van der Waals surface area contributed by atoms with E-state index in [4.69, 9.17) is 22.1 Å². The average molecular weight is 283 g/mol. The van der Waals surface area contributed by atoms with Crippen molar-refractivity contribution in [1.29, 1.82) is 0 Å². The number of nitrogens with two attached hydrogens (primary N) is 1. The van der Waals surface area contributed by atoms with E-state index in [0.717, 1.165) is 18.5 Å². The lowest BCUT2D eigenvalue weighted by Gasteiger charge is -2.20. The quantitative estimate of drug-likeness (QED) is 0.866. The van der Waals surface area contributed by atoms with Crippen molar-refractivity contribution in [1.82, 2.24) is 4.98 Å². The molecule has 1 heterocycles. The number of ether oxygens (including phenoxy) is 1. The number of hydrogen-bond donors (Lipinski definition) is 1. The number of aromatic nitrogens is 1. The van der Waals surface area contributed by atoms with Crippen molar-refractivity contribution in [3.8, 4) is 0 Å². The topological polar surface area (TPSA) is 65.2 Å². The number of rotatable bonds is 3. The van der Waals surface area contributed by atoms with E-state index < -0.39 is 11.6 Å². The number of halogens is 1. The Morgan fingerprint density at radius 2 is 2.16 bits per heavy atom. The first-order valence-corrected chi connectivity index (χ1v) is 6.75. The van der Waals surface area contributed by atoms with Gasteiger partial charge in [0.15, 0.2) is 0 Å². The van der Waals surface area contributed by atoms with E-state index in [9.17, 15) is 4.79 Å². The summed E-state index contributed by atoms with van der Waals surface area (Å²) in [6.45, 7) is 6.00.